The molecule has 2 rings (SSSR count). The summed E-state index contributed by atoms with van der Waals surface area (Å²) < 4.78 is 28.8. The summed E-state index contributed by atoms with van der Waals surface area (Å²) in [6.45, 7) is 0.487. The lowest BCUT2D eigenvalue weighted by molar-refractivity contribution is -0.130. The molecular formula is C16H16FNO5. The van der Waals surface area contributed by atoms with Crippen LogP contribution in [0.15, 0.2) is 47.1 Å². The van der Waals surface area contributed by atoms with Crippen molar-refractivity contribution in [2.45, 2.75) is 6.10 Å². The molecule has 0 aliphatic rings. The Labute approximate surface area is 132 Å². The van der Waals surface area contributed by atoms with E-state index in [2.05, 4.69) is 5.32 Å². The number of amides is 1. The van der Waals surface area contributed by atoms with Gasteiger partial charge in [0.05, 0.1) is 12.9 Å². The van der Waals surface area contributed by atoms with Gasteiger partial charge in [0.2, 0.25) is 11.9 Å². The van der Waals surface area contributed by atoms with Crippen molar-refractivity contribution in [3.63, 3.8) is 0 Å². The summed E-state index contributed by atoms with van der Waals surface area (Å²) in [6.07, 6.45) is -0.126. The van der Waals surface area contributed by atoms with Crippen LogP contribution in [-0.4, -0.2) is 32.1 Å². The molecule has 0 fully saturated rings. The predicted octanol–water partition coefficient (Wildman–Crippen LogP) is 2.08. The van der Waals surface area contributed by atoms with Crippen LogP contribution in [0.4, 0.5) is 4.39 Å². The van der Waals surface area contributed by atoms with Crippen LogP contribution in [0.1, 0.15) is 22.2 Å². The maximum absolute atomic E-state index is 14.0. The lowest BCUT2D eigenvalue weighted by atomic mass is 10.1. The monoisotopic (exact) mass is 321 g/mol. The van der Waals surface area contributed by atoms with Gasteiger partial charge in [-0.3, -0.25) is 4.79 Å². The molecule has 23 heavy (non-hydrogen) atoms. The SMILES string of the molecule is COCCNC(=O)[C@H](OC(=O)c1ccco1)c1ccccc1F. The van der Waals surface area contributed by atoms with Crippen molar-refractivity contribution >= 4 is 11.9 Å². The molecule has 0 aliphatic heterocycles. The third-order valence-electron chi connectivity index (χ3n) is 2.98. The normalized spacial score (nSPS) is 11.7. The lowest BCUT2D eigenvalue weighted by Gasteiger charge is -2.18. The van der Waals surface area contributed by atoms with Gasteiger partial charge in [-0.1, -0.05) is 18.2 Å². The molecule has 0 saturated heterocycles. The molecule has 1 aromatic carbocycles. The molecule has 7 heteroatoms. The van der Waals surface area contributed by atoms with Crippen molar-refractivity contribution in [2.24, 2.45) is 0 Å². The highest BCUT2D eigenvalue weighted by molar-refractivity contribution is 5.90. The lowest BCUT2D eigenvalue weighted by Crippen LogP contribution is -2.34. The number of benzene rings is 1. The molecule has 1 atom stereocenters. The topological polar surface area (TPSA) is 77.8 Å². The standard InChI is InChI=1S/C16H16FNO5/c1-21-10-8-18-15(19)14(11-5-2-3-6-12(11)17)23-16(20)13-7-4-9-22-13/h2-7,9,14H,8,10H2,1H3,(H,18,19)/t14-/m1/s1. The van der Waals surface area contributed by atoms with E-state index < -0.39 is 23.8 Å². The Morgan fingerprint density at radius 1 is 1.26 bits per heavy atom. The largest absolute Gasteiger partial charge is 0.457 e. The first-order valence-electron chi connectivity index (χ1n) is 6.89. The number of ether oxygens (including phenoxy) is 2. The van der Waals surface area contributed by atoms with Crippen LogP contribution in [-0.2, 0) is 14.3 Å². The molecule has 0 saturated carbocycles. The van der Waals surface area contributed by atoms with Gasteiger partial charge in [0.15, 0.2) is 0 Å². The number of methoxy groups -OCH3 is 1. The summed E-state index contributed by atoms with van der Waals surface area (Å²) in [5.41, 5.74) is -0.0395. The van der Waals surface area contributed by atoms with Crippen molar-refractivity contribution in [1.29, 1.82) is 0 Å². The van der Waals surface area contributed by atoms with Gasteiger partial charge in [-0.2, -0.15) is 0 Å². The van der Waals surface area contributed by atoms with E-state index in [0.29, 0.717) is 0 Å². The second-order valence-corrected chi connectivity index (χ2v) is 4.57. The number of halogens is 1. The molecule has 6 nitrogen and oxygen atoms in total. The third kappa shape index (κ3) is 4.40. The molecule has 122 valence electrons. The number of rotatable bonds is 7. The van der Waals surface area contributed by atoms with Crippen LogP contribution in [0, 0.1) is 5.82 Å². The van der Waals surface area contributed by atoms with E-state index in [1.54, 1.807) is 6.07 Å². The molecular weight excluding hydrogens is 305 g/mol. The average Bonchev–Trinajstić information content (AvgIpc) is 3.08. The van der Waals surface area contributed by atoms with E-state index >= 15 is 0 Å². The predicted molar refractivity (Wildman–Crippen MR) is 78.2 cm³/mol. The molecule has 1 heterocycles. The second-order valence-electron chi connectivity index (χ2n) is 4.57. The van der Waals surface area contributed by atoms with Crippen molar-refractivity contribution in [3.8, 4) is 0 Å². The van der Waals surface area contributed by atoms with Crippen molar-refractivity contribution in [1.82, 2.24) is 5.32 Å². The fraction of sp³-hybridized carbons (Fsp3) is 0.250. The van der Waals surface area contributed by atoms with Crippen LogP contribution in [0.2, 0.25) is 0 Å². The molecule has 1 N–H and O–H groups in total. The fourth-order valence-electron chi connectivity index (χ4n) is 1.87. The number of nitrogens with one attached hydrogen (secondary N) is 1. The van der Waals surface area contributed by atoms with Crippen LogP contribution >= 0.6 is 0 Å². The Bertz CT molecular complexity index is 656. The third-order valence-corrected chi connectivity index (χ3v) is 2.98. The Morgan fingerprint density at radius 3 is 2.70 bits per heavy atom. The zero-order valence-corrected chi connectivity index (χ0v) is 12.5. The molecule has 0 radical (unpaired) electrons. The zero-order valence-electron chi connectivity index (χ0n) is 12.5. The maximum Gasteiger partial charge on any atom is 0.375 e. The minimum atomic E-state index is -1.43. The number of furan rings is 1. The summed E-state index contributed by atoms with van der Waals surface area (Å²) in [5, 5.41) is 2.52. The molecule has 1 amide bonds. The van der Waals surface area contributed by atoms with E-state index in [4.69, 9.17) is 13.9 Å². The van der Waals surface area contributed by atoms with Crippen molar-refractivity contribution in [2.75, 3.05) is 20.3 Å². The number of esters is 1. The molecule has 2 aromatic rings. The number of hydrogen-bond acceptors (Lipinski definition) is 5. The maximum atomic E-state index is 14.0. The Kier molecular flexibility index (Phi) is 5.87. The van der Waals surface area contributed by atoms with Gasteiger partial charge in [-0.05, 0) is 18.2 Å². The minimum absolute atomic E-state index is 0.0395. The molecule has 1 aromatic heterocycles. The van der Waals surface area contributed by atoms with Gasteiger partial charge in [0, 0.05) is 19.2 Å². The molecule has 0 bridgehead atoms. The first-order chi connectivity index (χ1) is 11.1. The smallest absolute Gasteiger partial charge is 0.375 e. The number of hydrogen-bond donors (Lipinski definition) is 1. The first kappa shape index (κ1) is 16.7. The summed E-state index contributed by atoms with van der Waals surface area (Å²) in [5.74, 6) is -2.22. The van der Waals surface area contributed by atoms with Gasteiger partial charge >= 0.3 is 5.97 Å². The van der Waals surface area contributed by atoms with Crippen molar-refractivity contribution in [3.05, 3.63) is 59.8 Å². The first-order valence-corrected chi connectivity index (χ1v) is 6.89. The van der Waals surface area contributed by atoms with Crippen LogP contribution in [0.3, 0.4) is 0 Å². The summed E-state index contributed by atoms with van der Waals surface area (Å²) in [6, 6.07) is 8.50. The highest BCUT2D eigenvalue weighted by Gasteiger charge is 2.28. The van der Waals surface area contributed by atoms with Crippen molar-refractivity contribution < 1.29 is 27.9 Å². The molecule has 0 aliphatic carbocycles. The Balaban J connectivity index is 2.19. The summed E-state index contributed by atoms with van der Waals surface area (Å²) >= 11 is 0. The van der Waals surface area contributed by atoms with E-state index in [1.807, 2.05) is 0 Å². The van der Waals surface area contributed by atoms with Gasteiger partial charge in [0.25, 0.3) is 5.91 Å². The van der Waals surface area contributed by atoms with Crippen LogP contribution < -0.4 is 5.32 Å². The van der Waals surface area contributed by atoms with E-state index in [1.165, 1.54) is 43.7 Å². The molecule has 0 unspecified atom stereocenters. The minimum Gasteiger partial charge on any atom is -0.457 e. The van der Waals surface area contributed by atoms with Gasteiger partial charge in [-0.25, -0.2) is 9.18 Å². The average molecular weight is 321 g/mol. The highest BCUT2D eigenvalue weighted by Crippen LogP contribution is 2.22. The number of carbonyl (C=O) groups excluding carboxylic acids is 2. The van der Waals surface area contributed by atoms with Gasteiger partial charge in [0.1, 0.15) is 5.82 Å². The fourth-order valence-corrected chi connectivity index (χ4v) is 1.87. The van der Waals surface area contributed by atoms with Gasteiger partial charge in [-0.15, -0.1) is 0 Å². The Hall–Kier alpha value is -2.67. The van der Waals surface area contributed by atoms with E-state index in [9.17, 15) is 14.0 Å². The molecule has 0 spiro atoms. The zero-order chi connectivity index (χ0) is 16.7. The summed E-state index contributed by atoms with van der Waals surface area (Å²) in [4.78, 5) is 24.2. The number of carbonyl (C=O) groups is 2. The van der Waals surface area contributed by atoms with Crippen LogP contribution in [0.25, 0.3) is 0 Å². The van der Waals surface area contributed by atoms with Gasteiger partial charge < -0.3 is 19.2 Å². The second kappa shape index (κ2) is 8.09. The Morgan fingerprint density at radius 2 is 2.04 bits per heavy atom. The van der Waals surface area contributed by atoms with E-state index in [-0.39, 0.29) is 24.5 Å². The van der Waals surface area contributed by atoms with Crippen LogP contribution in [0.5, 0.6) is 0 Å². The highest BCUT2D eigenvalue weighted by atomic mass is 19.1. The summed E-state index contributed by atoms with van der Waals surface area (Å²) in [7, 11) is 1.48. The van der Waals surface area contributed by atoms with E-state index in [0.717, 1.165) is 0 Å². The quantitative estimate of drug-likeness (QED) is 0.624.